The number of hydrogen-bond acceptors (Lipinski definition) is 4. The Morgan fingerprint density at radius 1 is 1.31 bits per heavy atom. The summed E-state index contributed by atoms with van der Waals surface area (Å²) in [7, 11) is 1.57. The quantitative estimate of drug-likeness (QED) is 0.365. The van der Waals surface area contributed by atoms with Gasteiger partial charge in [0.15, 0.2) is 16.6 Å². The van der Waals surface area contributed by atoms with Crippen molar-refractivity contribution in [2.45, 2.75) is 13.5 Å². The van der Waals surface area contributed by atoms with Gasteiger partial charge < -0.3 is 14.8 Å². The van der Waals surface area contributed by atoms with Gasteiger partial charge in [0.25, 0.3) is 0 Å². The summed E-state index contributed by atoms with van der Waals surface area (Å²) in [6.07, 6.45) is 1.61. The fourth-order valence-corrected chi connectivity index (χ4v) is 2.79. The van der Waals surface area contributed by atoms with E-state index in [9.17, 15) is 0 Å². The van der Waals surface area contributed by atoms with Crippen molar-refractivity contribution in [1.82, 2.24) is 10.7 Å². The number of halogens is 2. The maximum absolute atomic E-state index is 6.36. The van der Waals surface area contributed by atoms with Crippen LogP contribution in [-0.4, -0.2) is 25.0 Å². The van der Waals surface area contributed by atoms with E-state index in [1.807, 2.05) is 31.2 Å². The molecular weight excluding hydrogens is 438 g/mol. The first-order valence-corrected chi connectivity index (χ1v) is 9.43. The van der Waals surface area contributed by atoms with Crippen LogP contribution in [0.5, 0.6) is 11.5 Å². The fourth-order valence-electron chi connectivity index (χ4n) is 2.06. The van der Waals surface area contributed by atoms with E-state index in [1.165, 1.54) is 0 Å². The third-order valence-electron chi connectivity index (χ3n) is 3.27. The molecule has 0 bridgehead atoms. The molecule has 0 fully saturated rings. The van der Waals surface area contributed by atoms with Crippen LogP contribution >= 0.6 is 39.7 Å². The molecule has 0 aliphatic rings. The molecule has 0 saturated carbocycles. The largest absolute Gasteiger partial charge is 0.493 e. The van der Waals surface area contributed by atoms with Gasteiger partial charge in [0, 0.05) is 11.0 Å². The van der Waals surface area contributed by atoms with E-state index in [0.29, 0.717) is 28.2 Å². The van der Waals surface area contributed by atoms with E-state index in [2.05, 4.69) is 31.8 Å². The van der Waals surface area contributed by atoms with Gasteiger partial charge in [0.2, 0.25) is 0 Å². The average Bonchev–Trinajstić information content (AvgIpc) is 2.62. The van der Waals surface area contributed by atoms with Gasteiger partial charge in [-0.2, -0.15) is 5.10 Å². The summed E-state index contributed by atoms with van der Waals surface area (Å²) in [5.74, 6) is 1.02. The summed E-state index contributed by atoms with van der Waals surface area (Å²) in [6.45, 7) is 3.07. The number of thiocarbonyl (C=S) groups is 1. The Labute approximate surface area is 171 Å². The molecule has 0 aromatic heterocycles. The van der Waals surface area contributed by atoms with Crippen LogP contribution in [0.15, 0.2) is 46.0 Å². The van der Waals surface area contributed by atoms with Crippen molar-refractivity contribution in [3.05, 3.63) is 57.0 Å². The Balaban J connectivity index is 2.09. The summed E-state index contributed by atoms with van der Waals surface area (Å²) in [6, 6.07) is 11.4. The van der Waals surface area contributed by atoms with E-state index in [0.717, 1.165) is 22.1 Å². The Morgan fingerprint density at radius 3 is 2.69 bits per heavy atom. The molecule has 2 N–H and O–H groups in total. The van der Waals surface area contributed by atoms with Gasteiger partial charge >= 0.3 is 0 Å². The number of nitrogens with zero attached hydrogens (tertiary/aromatic N) is 1. The molecule has 0 saturated heterocycles. The van der Waals surface area contributed by atoms with Crippen molar-refractivity contribution in [2.24, 2.45) is 5.10 Å². The first-order chi connectivity index (χ1) is 12.5. The molecule has 0 aliphatic heterocycles. The molecule has 0 unspecified atom stereocenters. The van der Waals surface area contributed by atoms with Crippen molar-refractivity contribution in [1.29, 1.82) is 0 Å². The zero-order valence-corrected chi connectivity index (χ0v) is 17.5. The highest BCUT2D eigenvalue weighted by Crippen LogP contribution is 2.36. The summed E-state index contributed by atoms with van der Waals surface area (Å²) in [4.78, 5) is 0. The number of nitrogens with one attached hydrogen (secondary N) is 2. The minimum atomic E-state index is 0.384. The molecule has 2 rings (SSSR count). The SMILES string of the molecule is CCNC(=S)NN=Cc1cc(Cl)c(OCc2ccc(Br)cc2)c(OC)c1. The molecule has 0 aliphatic carbocycles. The van der Waals surface area contributed by atoms with E-state index in [-0.39, 0.29) is 0 Å². The molecule has 0 amide bonds. The molecule has 0 atom stereocenters. The Bertz CT molecular complexity index is 785. The minimum absolute atomic E-state index is 0.384. The number of benzene rings is 2. The topological polar surface area (TPSA) is 54.9 Å². The lowest BCUT2D eigenvalue weighted by Crippen LogP contribution is -2.31. The summed E-state index contributed by atoms with van der Waals surface area (Å²) < 4.78 is 12.3. The minimum Gasteiger partial charge on any atom is -0.493 e. The molecule has 2 aromatic rings. The molecule has 0 radical (unpaired) electrons. The van der Waals surface area contributed by atoms with Crippen molar-refractivity contribution in [3.63, 3.8) is 0 Å². The zero-order valence-electron chi connectivity index (χ0n) is 14.4. The zero-order chi connectivity index (χ0) is 18.9. The molecule has 138 valence electrons. The van der Waals surface area contributed by atoms with Gasteiger partial charge in [0.05, 0.1) is 18.3 Å². The molecule has 8 heteroatoms. The molecule has 0 spiro atoms. The van der Waals surface area contributed by atoms with E-state index in [1.54, 1.807) is 25.5 Å². The van der Waals surface area contributed by atoms with Gasteiger partial charge in [-0.3, -0.25) is 5.43 Å². The van der Waals surface area contributed by atoms with Crippen LogP contribution < -0.4 is 20.2 Å². The van der Waals surface area contributed by atoms with Gasteiger partial charge in [-0.15, -0.1) is 0 Å². The van der Waals surface area contributed by atoms with Crippen LogP contribution in [0.2, 0.25) is 5.02 Å². The van der Waals surface area contributed by atoms with E-state index < -0.39 is 0 Å². The predicted molar refractivity (Wildman–Crippen MR) is 113 cm³/mol. The van der Waals surface area contributed by atoms with Crippen molar-refractivity contribution < 1.29 is 9.47 Å². The van der Waals surface area contributed by atoms with Crippen molar-refractivity contribution in [2.75, 3.05) is 13.7 Å². The highest BCUT2D eigenvalue weighted by atomic mass is 79.9. The van der Waals surface area contributed by atoms with Crippen molar-refractivity contribution in [3.8, 4) is 11.5 Å². The van der Waals surface area contributed by atoms with Crippen LogP contribution in [0.25, 0.3) is 0 Å². The van der Waals surface area contributed by atoms with Crippen LogP contribution in [0.3, 0.4) is 0 Å². The molecule has 5 nitrogen and oxygen atoms in total. The second kappa shape index (κ2) is 10.4. The normalized spacial score (nSPS) is 10.6. The van der Waals surface area contributed by atoms with Crippen LogP contribution in [0.1, 0.15) is 18.1 Å². The summed E-state index contributed by atoms with van der Waals surface area (Å²) in [5.41, 5.74) is 4.51. The van der Waals surface area contributed by atoms with Gasteiger partial charge in [-0.25, -0.2) is 0 Å². The van der Waals surface area contributed by atoms with Crippen molar-refractivity contribution >= 4 is 51.1 Å². The smallest absolute Gasteiger partial charge is 0.186 e. The fraction of sp³-hybridized carbons (Fsp3) is 0.222. The molecule has 26 heavy (non-hydrogen) atoms. The highest BCUT2D eigenvalue weighted by molar-refractivity contribution is 9.10. The lowest BCUT2D eigenvalue weighted by Gasteiger charge is -2.13. The van der Waals surface area contributed by atoms with E-state index >= 15 is 0 Å². The highest BCUT2D eigenvalue weighted by Gasteiger charge is 2.12. The number of hydrazone groups is 1. The third-order valence-corrected chi connectivity index (χ3v) is 4.31. The second-order valence-electron chi connectivity index (χ2n) is 5.18. The maximum atomic E-state index is 6.36. The van der Waals surface area contributed by atoms with Crippen LogP contribution in [0.4, 0.5) is 0 Å². The first kappa shape index (κ1) is 20.5. The Morgan fingerprint density at radius 2 is 2.04 bits per heavy atom. The Hall–Kier alpha value is -1.83. The van der Waals surface area contributed by atoms with Gasteiger partial charge in [-0.05, 0) is 54.5 Å². The molecule has 2 aromatic carbocycles. The number of ether oxygens (including phenoxy) is 2. The van der Waals surface area contributed by atoms with Gasteiger partial charge in [0.1, 0.15) is 6.61 Å². The number of methoxy groups -OCH3 is 1. The van der Waals surface area contributed by atoms with Crippen LogP contribution in [-0.2, 0) is 6.61 Å². The summed E-state index contributed by atoms with van der Waals surface area (Å²) >= 11 is 14.8. The van der Waals surface area contributed by atoms with Crippen LogP contribution in [0, 0.1) is 0 Å². The van der Waals surface area contributed by atoms with E-state index in [4.69, 9.17) is 33.3 Å². The molecular formula is C18H19BrClN3O2S. The lowest BCUT2D eigenvalue weighted by atomic mass is 10.2. The Kier molecular flexibility index (Phi) is 8.15. The van der Waals surface area contributed by atoms with Gasteiger partial charge in [-0.1, -0.05) is 39.7 Å². The maximum Gasteiger partial charge on any atom is 0.186 e. The standard InChI is InChI=1S/C18H19BrClN3O2S/c1-3-21-18(26)23-22-10-13-8-15(20)17(16(9-13)24-2)25-11-12-4-6-14(19)7-5-12/h4-10H,3,11H2,1-2H3,(H2,21,23,26). The number of hydrogen-bond donors (Lipinski definition) is 2. The monoisotopic (exact) mass is 455 g/mol. The third kappa shape index (κ3) is 6.16. The average molecular weight is 457 g/mol. The second-order valence-corrected chi connectivity index (χ2v) is 6.91. The predicted octanol–water partition coefficient (Wildman–Crippen LogP) is 4.51. The number of rotatable bonds is 7. The lowest BCUT2D eigenvalue weighted by molar-refractivity contribution is 0.284. The summed E-state index contributed by atoms with van der Waals surface area (Å²) in [5, 5.41) is 7.91. The first-order valence-electron chi connectivity index (χ1n) is 7.85. The molecule has 0 heterocycles.